The van der Waals surface area contributed by atoms with Crippen LogP contribution in [0.5, 0.6) is 0 Å². The number of fused-ring (bicyclic) bond motifs is 2. The first-order valence-electron chi connectivity index (χ1n) is 8.77. The Hall–Kier alpha value is -3.87. The predicted octanol–water partition coefficient (Wildman–Crippen LogP) is 3.16. The molecule has 136 valence electrons. The van der Waals surface area contributed by atoms with Crippen molar-refractivity contribution >= 4 is 17.8 Å². The van der Waals surface area contributed by atoms with Gasteiger partial charge in [-0.25, -0.2) is 4.68 Å². The van der Waals surface area contributed by atoms with E-state index in [-0.39, 0.29) is 11.6 Å². The summed E-state index contributed by atoms with van der Waals surface area (Å²) in [6, 6.07) is 8.82. The lowest BCUT2D eigenvalue weighted by Crippen LogP contribution is -2.35. The van der Waals surface area contributed by atoms with E-state index in [1.807, 2.05) is 12.2 Å². The van der Waals surface area contributed by atoms with E-state index in [1.54, 1.807) is 48.7 Å². The number of ketones is 2. The van der Waals surface area contributed by atoms with Gasteiger partial charge in [-0.3, -0.25) is 9.59 Å². The topological polar surface area (TPSA) is 90.3 Å². The number of hydrogen-bond donors (Lipinski definition) is 0. The van der Waals surface area contributed by atoms with E-state index in [0.29, 0.717) is 22.6 Å². The average Bonchev–Trinajstić information content (AvgIpc) is 3.42. The van der Waals surface area contributed by atoms with E-state index in [2.05, 4.69) is 15.3 Å². The van der Waals surface area contributed by atoms with Crippen LogP contribution in [0.15, 0.2) is 76.8 Å². The third-order valence-electron chi connectivity index (χ3n) is 4.93. The van der Waals surface area contributed by atoms with Crippen molar-refractivity contribution in [2.24, 2.45) is 16.9 Å². The first-order valence-corrected chi connectivity index (χ1v) is 8.77. The monoisotopic (exact) mass is 370 g/mol. The van der Waals surface area contributed by atoms with Crippen LogP contribution in [0.1, 0.15) is 26.5 Å². The fourth-order valence-corrected chi connectivity index (χ4v) is 3.54. The fourth-order valence-electron chi connectivity index (χ4n) is 3.54. The van der Waals surface area contributed by atoms with Crippen molar-refractivity contribution in [3.63, 3.8) is 0 Å². The standard InChI is InChI=1S/C21H14N4O3/c26-20-15-3-1-2-4-16(15)21(27)18-9-13(5-7-17(18)20)19-8-6-14(28-19)10-24-25-11-22-23-12-25/h1-12,15-16H/b24-10+/t15-,16+/m1/s1. The summed E-state index contributed by atoms with van der Waals surface area (Å²) in [6.07, 6.45) is 11.7. The maximum atomic E-state index is 12.9. The number of Topliss-reactive ketones (excluding diaryl/α,β-unsaturated/α-hetero) is 2. The van der Waals surface area contributed by atoms with Gasteiger partial charge in [0.25, 0.3) is 0 Å². The van der Waals surface area contributed by atoms with Crippen LogP contribution >= 0.6 is 0 Å². The molecule has 2 aliphatic rings. The van der Waals surface area contributed by atoms with Gasteiger partial charge >= 0.3 is 0 Å². The number of furan rings is 1. The molecule has 3 aromatic rings. The Kier molecular flexibility index (Phi) is 3.72. The molecule has 0 spiro atoms. The van der Waals surface area contributed by atoms with Crippen LogP contribution in [-0.2, 0) is 0 Å². The van der Waals surface area contributed by atoms with Gasteiger partial charge in [0.1, 0.15) is 24.2 Å². The van der Waals surface area contributed by atoms with E-state index in [9.17, 15) is 9.59 Å². The van der Waals surface area contributed by atoms with Gasteiger partial charge in [-0.2, -0.15) is 5.10 Å². The first kappa shape index (κ1) is 16.3. The van der Waals surface area contributed by atoms with E-state index < -0.39 is 11.8 Å². The number of nitrogens with zero attached hydrogens (tertiary/aromatic N) is 4. The molecule has 0 fully saturated rings. The largest absolute Gasteiger partial charge is 0.455 e. The van der Waals surface area contributed by atoms with Crippen molar-refractivity contribution in [1.82, 2.24) is 14.9 Å². The van der Waals surface area contributed by atoms with Gasteiger partial charge in [-0.15, -0.1) is 10.2 Å². The summed E-state index contributed by atoms with van der Waals surface area (Å²) in [7, 11) is 0. The summed E-state index contributed by atoms with van der Waals surface area (Å²) in [5.41, 5.74) is 1.65. The van der Waals surface area contributed by atoms with Gasteiger partial charge < -0.3 is 4.42 Å². The minimum atomic E-state index is -0.427. The van der Waals surface area contributed by atoms with Gasteiger partial charge in [-0.1, -0.05) is 30.4 Å². The molecule has 7 heteroatoms. The molecule has 0 N–H and O–H groups in total. The highest BCUT2D eigenvalue weighted by Gasteiger charge is 2.39. The molecule has 0 bridgehead atoms. The number of carbonyl (C=O) groups is 2. The number of allylic oxidation sites excluding steroid dienone is 4. The molecular formula is C21H14N4O3. The lowest BCUT2D eigenvalue weighted by molar-refractivity contribution is 0.0801. The minimum Gasteiger partial charge on any atom is -0.455 e. The lowest BCUT2D eigenvalue weighted by Gasteiger charge is -2.28. The highest BCUT2D eigenvalue weighted by atomic mass is 16.3. The lowest BCUT2D eigenvalue weighted by atomic mass is 9.72. The summed E-state index contributed by atoms with van der Waals surface area (Å²) in [4.78, 5) is 25.7. The zero-order chi connectivity index (χ0) is 19.1. The van der Waals surface area contributed by atoms with E-state index in [4.69, 9.17) is 4.42 Å². The van der Waals surface area contributed by atoms with Crippen molar-refractivity contribution in [2.75, 3.05) is 0 Å². The maximum absolute atomic E-state index is 12.9. The van der Waals surface area contributed by atoms with Gasteiger partial charge in [0, 0.05) is 16.7 Å². The SMILES string of the molecule is O=C1c2cc(-c3ccc(/C=N/n4cnnc4)o3)ccc2C(=O)[C@@H]2C=CC=C[C@H]12. The number of rotatable bonds is 3. The predicted molar refractivity (Wildman–Crippen MR) is 101 cm³/mol. The highest BCUT2D eigenvalue weighted by molar-refractivity contribution is 6.17. The Morgan fingerprint density at radius 2 is 1.64 bits per heavy atom. The van der Waals surface area contributed by atoms with Crippen LogP contribution in [0, 0.1) is 11.8 Å². The van der Waals surface area contributed by atoms with Gasteiger partial charge in [0.05, 0.1) is 18.1 Å². The van der Waals surface area contributed by atoms with E-state index in [1.165, 1.54) is 17.3 Å². The molecule has 2 heterocycles. The van der Waals surface area contributed by atoms with Crippen LogP contribution in [0.2, 0.25) is 0 Å². The van der Waals surface area contributed by atoms with Crippen molar-refractivity contribution in [3.05, 3.63) is 84.2 Å². The molecule has 28 heavy (non-hydrogen) atoms. The molecule has 2 atom stereocenters. The molecule has 2 aliphatic carbocycles. The number of benzene rings is 1. The zero-order valence-electron chi connectivity index (χ0n) is 14.6. The van der Waals surface area contributed by atoms with E-state index in [0.717, 1.165) is 5.56 Å². The van der Waals surface area contributed by atoms with Crippen LogP contribution in [-0.4, -0.2) is 32.7 Å². The number of carbonyl (C=O) groups excluding carboxylic acids is 2. The second-order valence-corrected chi connectivity index (χ2v) is 6.60. The summed E-state index contributed by atoms with van der Waals surface area (Å²) in [5.74, 6) is 0.248. The molecule has 0 radical (unpaired) electrons. The van der Waals surface area contributed by atoms with Crippen LogP contribution in [0.25, 0.3) is 11.3 Å². The van der Waals surface area contributed by atoms with Crippen molar-refractivity contribution in [2.45, 2.75) is 0 Å². The van der Waals surface area contributed by atoms with E-state index >= 15 is 0 Å². The van der Waals surface area contributed by atoms with Gasteiger partial charge in [0.2, 0.25) is 0 Å². The normalized spacial score (nSPS) is 20.6. The fraction of sp³-hybridized carbons (Fsp3) is 0.0952. The summed E-state index contributed by atoms with van der Waals surface area (Å²) < 4.78 is 7.26. The smallest absolute Gasteiger partial charge is 0.171 e. The summed E-state index contributed by atoms with van der Waals surface area (Å²) >= 11 is 0. The summed E-state index contributed by atoms with van der Waals surface area (Å²) in [6.45, 7) is 0. The second-order valence-electron chi connectivity index (χ2n) is 6.60. The molecule has 7 nitrogen and oxygen atoms in total. The average molecular weight is 370 g/mol. The minimum absolute atomic E-state index is 0.0204. The Morgan fingerprint density at radius 1 is 0.929 bits per heavy atom. The number of hydrogen-bond acceptors (Lipinski definition) is 6. The number of aromatic nitrogens is 3. The third-order valence-corrected chi connectivity index (χ3v) is 4.93. The van der Waals surface area contributed by atoms with Gasteiger partial charge in [-0.05, 0) is 24.3 Å². The molecule has 0 aliphatic heterocycles. The molecule has 0 amide bonds. The maximum Gasteiger partial charge on any atom is 0.171 e. The molecule has 0 unspecified atom stereocenters. The zero-order valence-corrected chi connectivity index (χ0v) is 14.6. The summed E-state index contributed by atoms with van der Waals surface area (Å²) in [5, 5.41) is 11.5. The molecule has 0 saturated heterocycles. The quantitative estimate of drug-likeness (QED) is 0.661. The Bertz CT molecular complexity index is 1170. The van der Waals surface area contributed by atoms with Crippen molar-refractivity contribution < 1.29 is 14.0 Å². The molecule has 1 aromatic carbocycles. The Morgan fingerprint density at radius 3 is 2.39 bits per heavy atom. The Labute approximate surface area is 159 Å². The van der Waals surface area contributed by atoms with Crippen molar-refractivity contribution in [1.29, 1.82) is 0 Å². The highest BCUT2D eigenvalue weighted by Crippen LogP contribution is 2.36. The Balaban J connectivity index is 1.48. The first-order chi connectivity index (χ1) is 13.7. The van der Waals surface area contributed by atoms with Crippen LogP contribution < -0.4 is 0 Å². The van der Waals surface area contributed by atoms with Crippen molar-refractivity contribution in [3.8, 4) is 11.3 Å². The molecule has 5 rings (SSSR count). The second kappa shape index (κ2) is 6.38. The van der Waals surface area contributed by atoms with Gasteiger partial charge in [0.15, 0.2) is 11.6 Å². The van der Waals surface area contributed by atoms with Crippen LogP contribution in [0.4, 0.5) is 0 Å². The molecule has 2 aromatic heterocycles. The molecular weight excluding hydrogens is 356 g/mol. The van der Waals surface area contributed by atoms with Crippen LogP contribution in [0.3, 0.4) is 0 Å². The molecule has 0 saturated carbocycles. The third kappa shape index (κ3) is 2.64.